The second-order valence-corrected chi connectivity index (χ2v) is 9.91. The number of fused-ring (bicyclic) bond motifs is 1. The van der Waals surface area contributed by atoms with Crippen LogP contribution >= 0.6 is 23.1 Å². The van der Waals surface area contributed by atoms with Crippen molar-refractivity contribution in [3.8, 4) is 17.6 Å². The Kier molecular flexibility index (Phi) is 7.75. The fourth-order valence-corrected chi connectivity index (χ4v) is 6.09. The first-order chi connectivity index (χ1) is 16.5. The summed E-state index contributed by atoms with van der Waals surface area (Å²) in [6.07, 6.45) is 3.77. The quantitative estimate of drug-likeness (QED) is 0.416. The summed E-state index contributed by atoms with van der Waals surface area (Å²) >= 11 is 2.85. The molecule has 8 nitrogen and oxygen atoms in total. The predicted octanol–water partition coefficient (Wildman–Crippen LogP) is 4.99. The van der Waals surface area contributed by atoms with Crippen LogP contribution in [0.1, 0.15) is 54.6 Å². The minimum atomic E-state index is -0.359. The maximum atomic E-state index is 12.7. The minimum absolute atomic E-state index is 0.161. The minimum Gasteiger partial charge on any atom is -0.493 e. The SMILES string of the molecule is CCn1c(SCC(=O)Nc2sc3c(c2C#N)CCCC3)nnc1C(C)Oc1ccccc1OC. The monoisotopic (exact) mass is 497 g/mol. The molecule has 0 aliphatic heterocycles. The summed E-state index contributed by atoms with van der Waals surface area (Å²) in [4.78, 5) is 13.9. The highest BCUT2D eigenvalue weighted by molar-refractivity contribution is 7.99. The molecule has 178 valence electrons. The summed E-state index contributed by atoms with van der Waals surface area (Å²) in [5.74, 6) is 1.96. The number of aromatic nitrogens is 3. The molecule has 1 atom stereocenters. The predicted molar refractivity (Wildman–Crippen MR) is 133 cm³/mol. The number of para-hydroxylation sites is 2. The van der Waals surface area contributed by atoms with Crippen molar-refractivity contribution in [3.05, 3.63) is 46.1 Å². The molecule has 1 N–H and O–H groups in total. The highest BCUT2D eigenvalue weighted by Crippen LogP contribution is 2.38. The number of amides is 1. The summed E-state index contributed by atoms with van der Waals surface area (Å²) in [5.41, 5.74) is 1.74. The zero-order valence-corrected chi connectivity index (χ0v) is 21.1. The van der Waals surface area contributed by atoms with Crippen LogP contribution in [-0.2, 0) is 24.2 Å². The molecule has 0 radical (unpaired) electrons. The number of carbonyl (C=O) groups excluding carboxylic acids is 1. The van der Waals surface area contributed by atoms with Crippen molar-refractivity contribution in [2.45, 2.75) is 57.3 Å². The first-order valence-corrected chi connectivity index (χ1v) is 13.1. The molecule has 3 aromatic rings. The third-order valence-electron chi connectivity index (χ3n) is 5.67. The van der Waals surface area contributed by atoms with E-state index in [2.05, 4.69) is 21.6 Å². The Balaban J connectivity index is 1.42. The molecule has 2 aromatic heterocycles. The zero-order chi connectivity index (χ0) is 24.1. The third kappa shape index (κ3) is 5.05. The van der Waals surface area contributed by atoms with E-state index in [-0.39, 0.29) is 17.8 Å². The molecule has 1 amide bonds. The Labute approximate surface area is 207 Å². The van der Waals surface area contributed by atoms with Crippen LogP contribution in [0.5, 0.6) is 11.5 Å². The number of methoxy groups -OCH3 is 1. The summed E-state index contributed by atoms with van der Waals surface area (Å²) in [6.45, 7) is 4.55. The van der Waals surface area contributed by atoms with Crippen LogP contribution in [0, 0.1) is 11.3 Å². The van der Waals surface area contributed by atoms with Crippen molar-refractivity contribution < 1.29 is 14.3 Å². The smallest absolute Gasteiger partial charge is 0.235 e. The average molecular weight is 498 g/mol. The molecule has 0 saturated heterocycles. The molecule has 2 heterocycles. The summed E-state index contributed by atoms with van der Waals surface area (Å²) in [7, 11) is 1.60. The van der Waals surface area contributed by atoms with Gasteiger partial charge in [-0.25, -0.2) is 0 Å². The number of nitriles is 1. The molecule has 1 aliphatic carbocycles. The standard InChI is InChI=1S/C24H27N5O3S2/c1-4-29-22(15(2)32-19-11-7-6-10-18(19)31-3)27-28-24(29)33-14-21(30)26-23-17(13-25)16-9-5-8-12-20(16)34-23/h6-7,10-11,15H,4-5,8-9,12,14H2,1-3H3,(H,26,30). The molecule has 4 rings (SSSR count). The van der Waals surface area contributed by atoms with Gasteiger partial charge in [0.25, 0.3) is 0 Å². The molecule has 0 saturated carbocycles. The van der Waals surface area contributed by atoms with Crippen LogP contribution in [0.3, 0.4) is 0 Å². The van der Waals surface area contributed by atoms with E-state index in [1.807, 2.05) is 42.7 Å². The van der Waals surface area contributed by atoms with Gasteiger partial charge in [-0.3, -0.25) is 4.79 Å². The van der Waals surface area contributed by atoms with E-state index in [9.17, 15) is 10.1 Å². The van der Waals surface area contributed by atoms with E-state index in [1.165, 1.54) is 28.0 Å². The van der Waals surface area contributed by atoms with Crippen molar-refractivity contribution in [2.75, 3.05) is 18.2 Å². The second kappa shape index (κ2) is 10.9. The van der Waals surface area contributed by atoms with Gasteiger partial charge in [0.1, 0.15) is 11.1 Å². The lowest BCUT2D eigenvalue weighted by molar-refractivity contribution is -0.113. The lowest BCUT2D eigenvalue weighted by Gasteiger charge is -2.17. The van der Waals surface area contributed by atoms with E-state index in [0.29, 0.717) is 39.6 Å². The molecular weight excluding hydrogens is 470 g/mol. The molecule has 0 spiro atoms. The number of thioether (sulfide) groups is 1. The number of hydrogen-bond acceptors (Lipinski definition) is 8. The molecule has 1 unspecified atom stereocenters. The summed E-state index contributed by atoms with van der Waals surface area (Å²) in [6, 6.07) is 9.74. The highest BCUT2D eigenvalue weighted by Gasteiger charge is 2.23. The topological polar surface area (TPSA) is 102 Å². The van der Waals surface area contributed by atoms with Gasteiger partial charge < -0.3 is 19.4 Å². The average Bonchev–Trinajstić information content (AvgIpc) is 3.43. The third-order valence-corrected chi connectivity index (χ3v) is 7.84. The largest absolute Gasteiger partial charge is 0.493 e. The highest BCUT2D eigenvalue weighted by atomic mass is 32.2. The van der Waals surface area contributed by atoms with Crippen LogP contribution in [-0.4, -0.2) is 33.5 Å². The van der Waals surface area contributed by atoms with Crippen molar-refractivity contribution in [3.63, 3.8) is 0 Å². The van der Waals surface area contributed by atoms with Crippen molar-refractivity contribution in [1.29, 1.82) is 5.26 Å². The fourth-order valence-electron chi connectivity index (χ4n) is 4.03. The Morgan fingerprint density at radius 3 is 2.79 bits per heavy atom. The molecule has 0 bridgehead atoms. The van der Waals surface area contributed by atoms with Gasteiger partial charge in [0.2, 0.25) is 5.91 Å². The number of aryl methyl sites for hydroxylation is 1. The van der Waals surface area contributed by atoms with Crippen molar-refractivity contribution >= 4 is 34.0 Å². The van der Waals surface area contributed by atoms with Crippen LogP contribution in [0.25, 0.3) is 0 Å². The van der Waals surface area contributed by atoms with Crippen molar-refractivity contribution in [1.82, 2.24) is 14.8 Å². The summed E-state index contributed by atoms with van der Waals surface area (Å²) in [5, 5.41) is 22.5. The Morgan fingerprint density at radius 1 is 1.29 bits per heavy atom. The van der Waals surface area contributed by atoms with E-state index < -0.39 is 0 Å². The van der Waals surface area contributed by atoms with Crippen LogP contribution in [0.4, 0.5) is 5.00 Å². The van der Waals surface area contributed by atoms with Crippen LogP contribution < -0.4 is 14.8 Å². The van der Waals surface area contributed by atoms with Gasteiger partial charge in [-0.1, -0.05) is 23.9 Å². The second-order valence-electron chi connectivity index (χ2n) is 7.86. The Bertz CT molecular complexity index is 1210. The molecule has 1 aliphatic rings. The summed E-state index contributed by atoms with van der Waals surface area (Å²) < 4.78 is 13.4. The van der Waals surface area contributed by atoms with Gasteiger partial charge in [0, 0.05) is 11.4 Å². The molecular formula is C24H27N5O3S2. The van der Waals surface area contributed by atoms with Gasteiger partial charge in [-0.15, -0.1) is 21.5 Å². The zero-order valence-electron chi connectivity index (χ0n) is 19.5. The van der Waals surface area contributed by atoms with Gasteiger partial charge >= 0.3 is 0 Å². The first-order valence-electron chi connectivity index (χ1n) is 11.3. The fraction of sp³-hybridized carbons (Fsp3) is 0.417. The number of rotatable bonds is 9. The molecule has 34 heavy (non-hydrogen) atoms. The Morgan fingerprint density at radius 2 is 2.06 bits per heavy atom. The molecule has 1 aromatic carbocycles. The first kappa shape index (κ1) is 24.1. The van der Waals surface area contributed by atoms with E-state index in [1.54, 1.807) is 7.11 Å². The lowest BCUT2D eigenvalue weighted by Crippen LogP contribution is -2.15. The van der Waals surface area contributed by atoms with Crippen LogP contribution in [0.15, 0.2) is 29.4 Å². The number of benzene rings is 1. The van der Waals surface area contributed by atoms with Gasteiger partial charge in [0.05, 0.1) is 18.4 Å². The number of carbonyl (C=O) groups is 1. The van der Waals surface area contributed by atoms with Gasteiger partial charge in [0.15, 0.2) is 28.6 Å². The number of ether oxygens (including phenoxy) is 2. The molecule has 10 heteroatoms. The van der Waals surface area contributed by atoms with Crippen LogP contribution in [0.2, 0.25) is 0 Å². The number of nitrogens with one attached hydrogen (secondary N) is 1. The number of anilines is 1. The van der Waals surface area contributed by atoms with E-state index >= 15 is 0 Å². The Hall–Kier alpha value is -3.03. The van der Waals surface area contributed by atoms with Gasteiger partial charge in [-0.05, 0) is 57.2 Å². The maximum Gasteiger partial charge on any atom is 0.235 e. The number of nitrogens with zero attached hydrogens (tertiary/aromatic N) is 4. The van der Waals surface area contributed by atoms with E-state index in [4.69, 9.17) is 9.47 Å². The number of hydrogen-bond donors (Lipinski definition) is 1. The lowest BCUT2D eigenvalue weighted by atomic mass is 9.96. The number of thiophene rings is 1. The van der Waals surface area contributed by atoms with E-state index in [0.717, 1.165) is 31.2 Å². The normalized spacial score (nSPS) is 13.6. The molecule has 0 fully saturated rings. The van der Waals surface area contributed by atoms with Crippen molar-refractivity contribution in [2.24, 2.45) is 0 Å². The maximum absolute atomic E-state index is 12.7. The van der Waals surface area contributed by atoms with Gasteiger partial charge in [-0.2, -0.15) is 5.26 Å².